The van der Waals surface area contributed by atoms with Crippen molar-refractivity contribution in [1.29, 1.82) is 0 Å². The Kier molecular flexibility index (Phi) is 5.48. The van der Waals surface area contributed by atoms with Gasteiger partial charge >= 0.3 is 29.6 Å². The smallest absolute Gasteiger partial charge is 1.00 e. The van der Waals surface area contributed by atoms with Crippen molar-refractivity contribution in [2.75, 3.05) is 0 Å². The molecule has 0 N–H and O–H groups in total. The topological polar surface area (TPSA) is 0 Å². The average molecular weight is 218 g/mol. The van der Waals surface area contributed by atoms with Gasteiger partial charge in [-0.05, 0) is 27.7 Å². The van der Waals surface area contributed by atoms with Gasteiger partial charge in [-0.2, -0.15) is 0 Å². The Balaban J connectivity index is 0. The second kappa shape index (κ2) is 5.12. The predicted octanol–water partition coefficient (Wildman–Crippen LogP) is -0.838. The molecule has 0 nitrogen and oxygen atoms in total. The van der Waals surface area contributed by atoms with Crippen LogP contribution in [0.3, 0.4) is 0 Å². The maximum absolute atomic E-state index is 2.43. The van der Waals surface area contributed by atoms with Gasteiger partial charge in [0, 0.05) is 16.8 Å². The van der Waals surface area contributed by atoms with E-state index in [-0.39, 0.29) is 47.8 Å². The first-order valence-corrected chi connectivity index (χ1v) is 8.50. The fraction of sp³-hybridized carbons (Fsp3) is 0.600. The first kappa shape index (κ1) is 13.9. The Morgan fingerprint density at radius 2 is 0.846 bits per heavy atom. The zero-order valence-electron chi connectivity index (χ0n) is 11.0. The van der Waals surface area contributed by atoms with Gasteiger partial charge in [-0.3, -0.25) is 0 Å². The van der Waals surface area contributed by atoms with Gasteiger partial charge in [0.15, 0.2) is 0 Å². The monoisotopic (exact) mass is 218 g/mol. The third-order valence-corrected chi connectivity index (χ3v) is 9.88. The van der Waals surface area contributed by atoms with Gasteiger partial charge < -0.3 is 1.43 Å². The van der Waals surface area contributed by atoms with Crippen molar-refractivity contribution in [2.45, 2.75) is 27.7 Å². The molecule has 68 valence electrons. The zero-order chi connectivity index (χ0) is 9.46. The maximum atomic E-state index is 2.43. The van der Waals surface area contributed by atoms with Gasteiger partial charge in [0.1, 0.15) is 0 Å². The number of rotatable bonds is 0. The fourth-order valence-corrected chi connectivity index (χ4v) is 7.31. The minimum Gasteiger partial charge on any atom is -1.00 e. The molecule has 1 aromatic heterocycles. The molecule has 0 radical (unpaired) electrons. The summed E-state index contributed by atoms with van der Waals surface area (Å²) < 4.78 is 0. The van der Waals surface area contributed by atoms with Crippen LogP contribution in [0.1, 0.15) is 22.1 Å². The molecule has 0 fully saturated rings. The van der Waals surface area contributed by atoms with Gasteiger partial charge in [-0.1, -0.05) is 33.8 Å². The first-order chi connectivity index (χ1) is 5.46. The van der Waals surface area contributed by atoms with Gasteiger partial charge in [-0.25, -0.2) is 0 Å². The van der Waals surface area contributed by atoms with Gasteiger partial charge in [-0.15, -0.1) is 0 Å². The first-order valence-electron chi connectivity index (χ1n) is 4.50. The van der Waals surface area contributed by atoms with Crippen LogP contribution in [0.15, 0.2) is 0 Å². The molecule has 1 heterocycles. The van der Waals surface area contributed by atoms with E-state index in [4.69, 9.17) is 0 Å². The Morgan fingerprint density at radius 1 is 0.692 bits per heavy atom. The molecule has 0 aliphatic rings. The van der Waals surface area contributed by atoms with Crippen molar-refractivity contribution in [2.24, 2.45) is 13.1 Å². The molecule has 0 bridgehead atoms. The summed E-state index contributed by atoms with van der Waals surface area (Å²) in [7, 11) is -0.587. The third-order valence-electron chi connectivity index (χ3n) is 3.38. The molecule has 0 unspecified atom stereocenters. The van der Waals surface area contributed by atoms with Crippen LogP contribution in [0.4, 0.5) is 0 Å². The third kappa shape index (κ3) is 2.48. The van der Waals surface area contributed by atoms with E-state index in [1.807, 2.05) is 0 Å². The molecular formula is C10H19NaSi2. The van der Waals surface area contributed by atoms with E-state index in [0.29, 0.717) is 0 Å². The molecule has 0 amide bonds. The van der Waals surface area contributed by atoms with E-state index in [9.17, 15) is 0 Å². The van der Waals surface area contributed by atoms with Crippen molar-refractivity contribution >= 4 is 16.8 Å². The molecule has 1 aromatic rings. The van der Waals surface area contributed by atoms with Gasteiger partial charge in [0.2, 0.25) is 0 Å². The maximum Gasteiger partial charge on any atom is 1.00 e. The van der Waals surface area contributed by atoms with E-state index < -0.39 is 0 Å². The second-order valence-electron chi connectivity index (χ2n) is 3.75. The molecule has 0 spiro atoms. The van der Waals surface area contributed by atoms with Crippen LogP contribution in [0, 0.1) is 27.7 Å². The quantitative estimate of drug-likeness (QED) is 0.498. The van der Waals surface area contributed by atoms with Crippen LogP contribution < -0.4 is 29.6 Å². The van der Waals surface area contributed by atoms with Gasteiger partial charge in [0.05, 0.1) is 0 Å². The fourth-order valence-electron chi connectivity index (χ4n) is 1.69. The number of hydrogen-bond acceptors (Lipinski definition) is 0. The van der Waals surface area contributed by atoms with E-state index >= 15 is 0 Å². The molecule has 13 heavy (non-hydrogen) atoms. The molecule has 0 saturated heterocycles. The van der Waals surface area contributed by atoms with Crippen molar-refractivity contribution in [3.05, 3.63) is 20.7 Å². The standard InChI is InChI=1S/C10H18Si2.Na.H/c1-7-8(2)12(6)10(4)9(3)11(7)5;;/h1-6H3;;/q;+1;-1. The van der Waals surface area contributed by atoms with Crippen LogP contribution in [0.2, 0.25) is 0 Å². The Morgan fingerprint density at radius 3 is 1.00 bits per heavy atom. The molecule has 0 saturated carbocycles. The van der Waals surface area contributed by atoms with Crippen LogP contribution in [-0.2, 0) is 13.1 Å². The Bertz CT molecular complexity index is 232. The van der Waals surface area contributed by atoms with Crippen molar-refractivity contribution in [1.82, 2.24) is 0 Å². The van der Waals surface area contributed by atoms with Crippen LogP contribution in [0.5, 0.6) is 0 Å². The molecule has 0 aromatic carbocycles. The summed E-state index contributed by atoms with van der Waals surface area (Å²) in [5.74, 6) is 0. The molecule has 0 atom stereocenters. The van der Waals surface area contributed by atoms with Crippen LogP contribution in [-0.4, -0.2) is 16.8 Å². The normalized spacial score (nSPS) is 9.69. The molecular weight excluding hydrogens is 199 g/mol. The summed E-state index contributed by atoms with van der Waals surface area (Å²) in [4.78, 5) is 0. The van der Waals surface area contributed by atoms with Crippen LogP contribution in [0.25, 0.3) is 0 Å². The van der Waals surface area contributed by atoms with Crippen molar-refractivity contribution in [3.8, 4) is 0 Å². The minimum atomic E-state index is -0.293. The molecule has 1 rings (SSSR count). The van der Waals surface area contributed by atoms with Crippen molar-refractivity contribution < 1.29 is 31.0 Å². The summed E-state index contributed by atoms with van der Waals surface area (Å²) in [5, 5.41) is 6.89. The summed E-state index contributed by atoms with van der Waals surface area (Å²) in [5.41, 5.74) is 0. The number of hydrogen-bond donors (Lipinski definition) is 0. The summed E-state index contributed by atoms with van der Waals surface area (Å²) in [6.07, 6.45) is 0. The Hall–Kier alpha value is 0.914. The van der Waals surface area contributed by atoms with Crippen LogP contribution >= 0.6 is 0 Å². The summed E-state index contributed by atoms with van der Waals surface area (Å²) in [6.45, 7) is 14.2. The summed E-state index contributed by atoms with van der Waals surface area (Å²) >= 11 is 0. The Labute approximate surface area is 109 Å². The van der Waals surface area contributed by atoms with Crippen molar-refractivity contribution in [3.63, 3.8) is 0 Å². The largest absolute Gasteiger partial charge is 1.00 e. The van der Waals surface area contributed by atoms with E-state index in [2.05, 4.69) is 40.8 Å². The van der Waals surface area contributed by atoms with E-state index in [1.165, 1.54) is 0 Å². The second-order valence-corrected chi connectivity index (χ2v) is 9.25. The minimum absolute atomic E-state index is 0. The van der Waals surface area contributed by atoms with E-state index in [0.717, 1.165) is 0 Å². The van der Waals surface area contributed by atoms with E-state index in [1.54, 1.807) is 20.7 Å². The molecule has 3 heteroatoms. The zero-order valence-corrected chi connectivity index (χ0v) is 14.0. The average Bonchev–Trinajstić information content (AvgIpc) is 2.08. The summed E-state index contributed by atoms with van der Waals surface area (Å²) in [6, 6.07) is 0. The van der Waals surface area contributed by atoms with Gasteiger partial charge in [0.25, 0.3) is 0 Å². The molecule has 0 aliphatic heterocycles. The molecule has 0 aliphatic carbocycles. The SMILES string of the molecule is Cc1c(C)[si](C)c(C)c(C)[si]1C.[H-].[Na+]. The predicted molar refractivity (Wildman–Crippen MR) is 60.4 cm³/mol.